The van der Waals surface area contributed by atoms with E-state index in [2.05, 4.69) is 25.4 Å². The zero-order valence-electron chi connectivity index (χ0n) is 11.2. The molecule has 0 aromatic carbocycles. The van der Waals surface area contributed by atoms with Crippen molar-refractivity contribution in [2.75, 3.05) is 0 Å². The highest BCUT2D eigenvalue weighted by Gasteiger charge is 2.25. The molecular formula is C14H20O2P2. The molecule has 98 valence electrons. The number of rotatable bonds is 3. The maximum absolute atomic E-state index is 10.4. The maximum Gasteiger partial charge on any atom is 0.113 e. The molecule has 0 radical (unpaired) electrons. The Balaban J connectivity index is 2.32. The Labute approximate surface area is 111 Å². The van der Waals surface area contributed by atoms with Crippen LogP contribution in [0.3, 0.4) is 0 Å². The first-order chi connectivity index (χ1) is 8.43. The van der Waals surface area contributed by atoms with E-state index in [1.807, 2.05) is 13.8 Å². The molecule has 0 fully saturated rings. The van der Waals surface area contributed by atoms with Crippen molar-refractivity contribution in [1.29, 1.82) is 0 Å². The van der Waals surface area contributed by atoms with Gasteiger partial charge in [-0.2, -0.15) is 0 Å². The Bertz CT molecular complexity index is 504. The van der Waals surface area contributed by atoms with Gasteiger partial charge in [-0.15, -0.1) is 16.4 Å². The molecule has 0 aliphatic rings. The molecule has 4 heteroatoms. The molecular weight excluding hydrogens is 262 g/mol. The summed E-state index contributed by atoms with van der Waals surface area (Å²) in [6.07, 6.45) is -1.51. The van der Waals surface area contributed by atoms with Gasteiger partial charge in [-0.25, -0.2) is 0 Å². The zero-order valence-corrected chi connectivity index (χ0v) is 13.2. The SMILES string of the molecule is Cc1c[pH]c([C@H](O)[C@@H](O)c2[pH]cc(C)c2C)c1C. The van der Waals surface area contributed by atoms with Crippen molar-refractivity contribution in [2.45, 2.75) is 39.9 Å². The minimum absolute atomic E-state index is 0.507. The average molecular weight is 282 g/mol. The fourth-order valence-corrected chi connectivity index (χ4v) is 4.82. The lowest BCUT2D eigenvalue weighted by Crippen LogP contribution is -2.09. The quantitative estimate of drug-likeness (QED) is 0.900. The molecule has 2 N–H and O–H groups in total. The number of hydrogen-bond acceptors (Lipinski definition) is 2. The van der Waals surface area contributed by atoms with Gasteiger partial charge >= 0.3 is 0 Å². The molecule has 0 amide bonds. The van der Waals surface area contributed by atoms with Crippen LogP contribution in [0.4, 0.5) is 0 Å². The Kier molecular flexibility index (Phi) is 4.04. The van der Waals surface area contributed by atoms with Crippen LogP contribution in [0.2, 0.25) is 0 Å². The molecule has 2 heterocycles. The summed E-state index contributed by atoms with van der Waals surface area (Å²) in [7, 11) is 1.01. The van der Waals surface area contributed by atoms with Crippen molar-refractivity contribution in [3.63, 3.8) is 0 Å². The standard InChI is InChI=1S/C14H20O2P2/c1-7-5-17-13(9(7)3)11(15)12(16)14-10(4)8(2)6-18-14/h5-6,11-12,15-18H,1-4H3/t11-,12-/m1/s1. The van der Waals surface area contributed by atoms with E-state index in [1.165, 1.54) is 11.1 Å². The maximum atomic E-state index is 10.4. The number of hydrogen-bond donors (Lipinski definition) is 2. The van der Waals surface area contributed by atoms with Gasteiger partial charge in [-0.1, -0.05) is 0 Å². The van der Waals surface area contributed by atoms with Crippen molar-refractivity contribution in [3.05, 3.63) is 44.4 Å². The summed E-state index contributed by atoms with van der Waals surface area (Å²) >= 11 is 0. The second kappa shape index (κ2) is 5.23. The summed E-state index contributed by atoms with van der Waals surface area (Å²) in [6.45, 7) is 8.17. The van der Waals surface area contributed by atoms with E-state index >= 15 is 0 Å². The van der Waals surface area contributed by atoms with Crippen LogP contribution >= 0.6 is 16.4 Å². The van der Waals surface area contributed by atoms with E-state index in [-0.39, 0.29) is 0 Å². The highest BCUT2D eigenvalue weighted by molar-refractivity contribution is 7.31. The van der Waals surface area contributed by atoms with Crippen molar-refractivity contribution in [2.24, 2.45) is 0 Å². The molecule has 2 unspecified atom stereocenters. The van der Waals surface area contributed by atoms with Crippen LogP contribution in [0.5, 0.6) is 0 Å². The fourth-order valence-electron chi connectivity index (χ4n) is 2.16. The third-order valence-corrected chi connectivity index (χ3v) is 6.89. The van der Waals surface area contributed by atoms with E-state index in [0.717, 1.165) is 21.7 Å². The van der Waals surface area contributed by atoms with E-state index < -0.39 is 12.2 Å². The Morgan fingerprint density at radius 3 is 1.33 bits per heavy atom. The van der Waals surface area contributed by atoms with Crippen LogP contribution in [-0.4, -0.2) is 10.2 Å². The van der Waals surface area contributed by atoms with Gasteiger partial charge in [0.25, 0.3) is 0 Å². The molecule has 0 spiro atoms. The first kappa shape index (κ1) is 13.9. The molecule has 0 aliphatic carbocycles. The molecule has 4 atom stereocenters. The molecule has 18 heavy (non-hydrogen) atoms. The van der Waals surface area contributed by atoms with Gasteiger partial charge in [0.15, 0.2) is 0 Å². The van der Waals surface area contributed by atoms with E-state index in [1.54, 1.807) is 0 Å². The fraction of sp³-hybridized carbons (Fsp3) is 0.429. The summed E-state index contributed by atoms with van der Waals surface area (Å²) in [6, 6.07) is 0. The highest BCUT2D eigenvalue weighted by atomic mass is 31.0. The van der Waals surface area contributed by atoms with Gasteiger partial charge in [0, 0.05) is 10.6 Å². The van der Waals surface area contributed by atoms with Crippen LogP contribution in [0.15, 0.2) is 11.6 Å². The van der Waals surface area contributed by atoms with Crippen molar-refractivity contribution in [3.8, 4) is 0 Å². The molecule has 0 saturated carbocycles. The normalized spacial score (nSPS) is 15.7. The van der Waals surface area contributed by atoms with Crippen LogP contribution in [0.25, 0.3) is 0 Å². The van der Waals surface area contributed by atoms with Crippen LogP contribution in [0.1, 0.15) is 45.1 Å². The predicted molar refractivity (Wildman–Crippen MR) is 80.8 cm³/mol. The first-order valence-electron chi connectivity index (χ1n) is 6.08. The molecule has 2 aromatic heterocycles. The molecule has 2 rings (SSSR count). The number of aliphatic hydroxyl groups is 2. The van der Waals surface area contributed by atoms with Crippen molar-refractivity contribution < 1.29 is 10.2 Å². The summed E-state index contributed by atoms with van der Waals surface area (Å²) in [5.74, 6) is 4.28. The van der Waals surface area contributed by atoms with Crippen molar-refractivity contribution >= 4 is 16.4 Å². The molecule has 2 nitrogen and oxygen atoms in total. The Hall–Kier alpha value is -0.520. The zero-order chi connectivity index (χ0) is 13.4. The van der Waals surface area contributed by atoms with Gasteiger partial charge in [-0.05, 0) is 61.5 Å². The number of aliphatic hydroxyl groups excluding tert-OH is 2. The second-order valence-electron chi connectivity index (χ2n) is 4.91. The van der Waals surface area contributed by atoms with Gasteiger partial charge in [0.1, 0.15) is 12.2 Å². The first-order valence-corrected chi connectivity index (χ1v) is 8.24. The van der Waals surface area contributed by atoms with E-state index in [9.17, 15) is 10.2 Å². The molecule has 0 bridgehead atoms. The van der Waals surface area contributed by atoms with Crippen LogP contribution in [-0.2, 0) is 0 Å². The van der Waals surface area contributed by atoms with Gasteiger partial charge in [0.2, 0.25) is 0 Å². The summed E-state index contributed by atoms with van der Waals surface area (Å²) in [5.41, 5.74) is 4.74. The monoisotopic (exact) mass is 282 g/mol. The lowest BCUT2D eigenvalue weighted by atomic mass is 10.0. The Morgan fingerprint density at radius 2 is 1.11 bits per heavy atom. The van der Waals surface area contributed by atoms with Gasteiger partial charge in [0.05, 0.1) is 0 Å². The second-order valence-corrected chi connectivity index (χ2v) is 7.14. The van der Waals surface area contributed by atoms with Crippen molar-refractivity contribution in [1.82, 2.24) is 0 Å². The topological polar surface area (TPSA) is 40.5 Å². The smallest absolute Gasteiger partial charge is 0.113 e. The summed E-state index contributed by atoms with van der Waals surface area (Å²) in [4.78, 5) is 0. The predicted octanol–water partition coefficient (Wildman–Crippen LogP) is 3.75. The molecule has 2 aromatic rings. The largest absolute Gasteiger partial charge is 0.385 e. The third-order valence-electron chi connectivity index (χ3n) is 3.77. The Morgan fingerprint density at radius 1 is 0.778 bits per heavy atom. The summed E-state index contributed by atoms with van der Waals surface area (Å²) < 4.78 is 0. The summed E-state index contributed by atoms with van der Waals surface area (Å²) in [5, 5.41) is 22.8. The lowest BCUT2D eigenvalue weighted by Gasteiger charge is -2.19. The van der Waals surface area contributed by atoms with Crippen LogP contribution < -0.4 is 0 Å². The van der Waals surface area contributed by atoms with E-state index in [4.69, 9.17) is 0 Å². The molecule has 0 aliphatic heterocycles. The minimum atomic E-state index is -0.756. The third kappa shape index (κ3) is 2.31. The van der Waals surface area contributed by atoms with Gasteiger partial charge in [-0.3, -0.25) is 0 Å². The van der Waals surface area contributed by atoms with E-state index in [0.29, 0.717) is 16.4 Å². The minimum Gasteiger partial charge on any atom is -0.385 e. The molecule has 0 saturated heterocycles. The van der Waals surface area contributed by atoms with Gasteiger partial charge < -0.3 is 10.2 Å². The number of aryl methyl sites for hydroxylation is 2. The van der Waals surface area contributed by atoms with Crippen LogP contribution in [0, 0.1) is 27.7 Å². The average Bonchev–Trinajstić information content (AvgIpc) is 2.84. The lowest BCUT2D eigenvalue weighted by molar-refractivity contribution is 0.0211. The highest BCUT2D eigenvalue weighted by Crippen LogP contribution is 2.42.